The van der Waals surface area contributed by atoms with Crippen LogP contribution in [0.15, 0.2) is 18.5 Å². The quantitative estimate of drug-likeness (QED) is 0.856. The Morgan fingerprint density at radius 1 is 1.42 bits per heavy atom. The summed E-state index contributed by atoms with van der Waals surface area (Å²) in [6.45, 7) is 2.76. The molecule has 1 aromatic heterocycles. The van der Waals surface area contributed by atoms with Gasteiger partial charge in [-0.1, -0.05) is 6.92 Å². The van der Waals surface area contributed by atoms with Crippen molar-refractivity contribution < 1.29 is 9.84 Å². The van der Waals surface area contributed by atoms with Crippen molar-refractivity contribution in [3.63, 3.8) is 0 Å². The molecule has 0 amide bonds. The molecule has 0 spiro atoms. The molecule has 0 aromatic carbocycles. The molecule has 0 atom stereocenters. The number of aliphatic hydroxyl groups is 1. The van der Waals surface area contributed by atoms with Crippen LogP contribution in [0.3, 0.4) is 0 Å². The summed E-state index contributed by atoms with van der Waals surface area (Å²) >= 11 is 0. The monoisotopic (exact) mass is 264 g/mol. The van der Waals surface area contributed by atoms with Crippen LogP contribution in [0.1, 0.15) is 44.6 Å². The Kier molecular flexibility index (Phi) is 4.77. The molecule has 1 saturated carbocycles. The molecule has 0 unspecified atom stereocenters. The highest BCUT2D eigenvalue weighted by Crippen LogP contribution is 2.37. The van der Waals surface area contributed by atoms with Gasteiger partial charge in [-0.2, -0.15) is 0 Å². The van der Waals surface area contributed by atoms with Crippen LogP contribution in [-0.2, 0) is 5.60 Å². The summed E-state index contributed by atoms with van der Waals surface area (Å²) < 4.78 is 5.59. The number of hydrogen-bond donors (Lipinski definition) is 2. The van der Waals surface area contributed by atoms with Crippen molar-refractivity contribution in [3.05, 3.63) is 24.0 Å². The molecule has 1 aromatic rings. The van der Waals surface area contributed by atoms with Gasteiger partial charge >= 0.3 is 0 Å². The van der Waals surface area contributed by atoms with E-state index in [2.05, 4.69) is 17.2 Å². The third kappa shape index (κ3) is 3.45. The zero-order chi connectivity index (χ0) is 13.7. The first kappa shape index (κ1) is 14.3. The van der Waals surface area contributed by atoms with E-state index in [4.69, 9.17) is 4.74 Å². The number of ether oxygens (including phenoxy) is 1. The van der Waals surface area contributed by atoms with Crippen molar-refractivity contribution in [2.24, 2.45) is 0 Å². The van der Waals surface area contributed by atoms with E-state index in [-0.39, 0.29) is 0 Å². The maximum absolute atomic E-state index is 10.8. The van der Waals surface area contributed by atoms with Crippen LogP contribution in [0.25, 0.3) is 0 Å². The summed E-state index contributed by atoms with van der Waals surface area (Å²) in [6.07, 6.45) is 7.98. The first-order chi connectivity index (χ1) is 9.18. The number of rotatable bonds is 5. The average Bonchev–Trinajstić information content (AvgIpc) is 2.46. The fourth-order valence-corrected chi connectivity index (χ4v) is 2.64. The van der Waals surface area contributed by atoms with Gasteiger partial charge in [-0.3, -0.25) is 4.98 Å². The van der Waals surface area contributed by atoms with Gasteiger partial charge in [0.15, 0.2) is 0 Å². The van der Waals surface area contributed by atoms with Crippen molar-refractivity contribution >= 4 is 0 Å². The minimum Gasteiger partial charge on any atom is -0.492 e. The molecule has 4 heteroatoms. The summed E-state index contributed by atoms with van der Waals surface area (Å²) in [6, 6.07) is 2.45. The van der Waals surface area contributed by atoms with E-state index in [1.807, 2.05) is 13.1 Å². The van der Waals surface area contributed by atoms with Crippen molar-refractivity contribution in [2.45, 2.75) is 50.7 Å². The maximum atomic E-state index is 10.8. The fourth-order valence-electron chi connectivity index (χ4n) is 2.64. The molecule has 4 nitrogen and oxygen atoms in total. The molecular formula is C15H24N2O2. The molecule has 19 heavy (non-hydrogen) atoms. The average molecular weight is 264 g/mol. The highest BCUT2D eigenvalue weighted by atomic mass is 16.5. The normalized spacial score (nSPS) is 27.2. The van der Waals surface area contributed by atoms with Gasteiger partial charge in [0.25, 0.3) is 0 Å². The zero-order valence-corrected chi connectivity index (χ0v) is 11.9. The lowest BCUT2D eigenvalue weighted by Gasteiger charge is -2.36. The lowest BCUT2D eigenvalue weighted by atomic mass is 9.78. The van der Waals surface area contributed by atoms with Crippen LogP contribution >= 0.6 is 0 Å². The van der Waals surface area contributed by atoms with E-state index in [1.165, 1.54) is 0 Å². The SMILES string of the molecule is CCCOc1cncc(C2(O)CCC(NC)CC2)c1. The molecule has 1 fully saturated rings. The Morgan fingerprint density at radius 2 is 2.16 bits per heavy atom. The van der Waals surface area contributed by atoms with Crippen LogP contribution in [0.2, 0.25) is 0 Å². The summed E-state index contributed by atoms with van der Waals surface area (Å²) in [5.41, 5.74) is 0.141. The lowest BCUT2D eigenvalue weighted by molar-refractivity contribution is -0.00812. The standard InChI is InChI=1S/C15H24N2O2/c1-3-8-19-14-9-12(10-17-11-14)15(18)6-4-13(16-2)5-7-15/h9-11,13,16,18H,3-8H2,1-2H3. The summed E-state index contributed by atoms with van der Waals surface area (Å²) in [4.78, 5) is 4.20. The van der Waals surface area contributed by atoms with E-state index >= 15 is 0 Å². The smallest absolute Gasteiger partial charge is 0.137 e. The molecule has 1 aliphatic rings. The minimum atomic E-state index is -0.744. The molecule has 0 saturated heterocycles. The number of nitrogens with one attached hydrogen (secondary N) is 1. The highest BCUT2D eigenvalue weighted by molar-refractivity contribution is 5.28. The van der Waals surface area contributed by atoms with Crippen LogP contribution in [0.5, 0.6) is 5.75 Å². The second kappa shape index (κ2) is 6.35. The number of nitrogens with zero attached hydrogens (tertiary/aromatic N) is 1. The minimum absolute atomic E-state index is 0.521. The number of pyridine rings is 1. The third-order valence-electron chi connectivity index (χ3n) is 3.94. The van der Waals surface area contributed by atoms with Gasteiger partial charge in [0.2, 0.25) is 0 Å². The number of aromatic nitrogens is 1. The van der Waals surface area contributed by atoms with Crippen LogP contribution in [0, 0.1) is 0 Å². The molecular weight excluding hydrogens is 240 g/mol. The summed E-state index contributed by atoms with van der Waals surface area (Å²) in [5.74, 6) is 0.753. The Hall–Kier alpha value is -1.13. The van der Waals surface area contributed by atoms with Gasteiger partial charge in [0.1, 0.15) is 5.75 Å². The molecule has 0 radical (unpaired) electrons. The highest BCUT2D eigenvalue weighted by Gasteiger charge is 2.34. The van der Waals surface area contributed by atoms with Crippen LogP contribution < -0.4 is 10.1 Å². The first-order valence-corrected chi connectivity index (χ1v) is 7.16. The van der Waals surface area contributed by atoms with E-state index < -0.39 is 5.60 Å². The Balaban J connectivity index is 2.08. The van der Waals surface area contributed by atoms with Crippen LogP contribution in [-0.4, -0.2) is 29.8 Å². The topological polar surface area (TPSA) is 54.4 Å². The largest absolute Gasteiger partial charge is 0.492 e. The first-order valence-electron chi connectivity index (χ1n) is 7.16. The van der Waals surface area contributed by atoms with Crippen molar-refractivity contribution in [1.82, 2.24) is 10.3 Å². The van der Waals surface area contributed by atoms with E-state index in [0.717, 1.165) is 43.4 Å². The van der Waals surface area contributed by atoms with Crippen LogP contribution in [0.4, 0.5) is 0 Å². The summed E-state index contributed by atoms with van der Waals surface area (Å²) in [5, 5.41) is 14.1. The fraction of sp³-hybridized carbons (Fsp3) is 0.667. The van der Waals surface area contributed by atoms with Gasteiger partial charge in [-0.25, -0.2) is 0 Å². The predicted molar refractivity (Wildman–Crippen MR) is 75.2 cm³/mol. The van der Waals surface area contributed by atoms with Gasteiger partial charge in [-0.05, 0) is 45.2 Å². The van der Waals surface area contributed by atoms with E-state index in [9.17, 15) is 5.11 Å². The molecule has 106 valence electrons. The van der Waals surface area contributed by atoms with Gasteiger partial charge in [-0.15, -0.1) is 0 Å². The van der Waals surface area contributed by atoms with E-state index in [0.29, 0.717) is 12.6 Å². The van der Waals surface area contributed by atoms with Gasteiger partial charge in [0.05, 0.1) is 18.4 Å². The second-order valence-corrected chi connectivity index (χ2v) is 5.35. The molecule has 1 heterocycles. The molecule has 2 N–H and O–H groups in total. The predicted octanol–water partition coefficient (Wildman–Crippen LogP) is 2.22. The summed E-state index contributed by atoms with van der Waals surface area (Å²) in [7, 11) is 1.98. The Bertz CT molecular complexity index is 401. The van der Waals surface area contributed by atoms with Crippen molar-refractivity contribution in [2.75, 3.05) is 13.7 Å². The zero-order valence-electron chi connectivity index (χ0n) is 11.9. The maximum Gasteiger partial charge on any atom is 0.137 e. The van der Waals surface area contributed by atoms with Crippen molar-refractivity contribution in [3.8, 4) is 5.75 Å². The van der Waals surface area contributed by atoms with Gasteiger partial charge in [0, 0.05) is 17.8 Å². The second-order valence-electron chi connectivity index (χ2n) is 5.35. The number of hydrogen-bond acceptors (Lipinski definition) is 4. The third-order valence-corrected chi connectivity index (χ3v) is 3.94. The molecule has 0 bridgehead atoms. The molecule has 2 rings (SSSR count). The Labute approximate surface area is 115 Å². The molecule has 1 aliphatic carbocycles. The van der Waals surface area contributed by atoms with Gasteiger partial charge < -0.3 is 15.2 Å². The molecule has 0 aliphatic heterocycles. The lowest BCUT2D eigenvalue weighted by Crippen LogP contribution is -2.38. The van der Waals surface area contributed by atoms with E-state index in [1.54, 1.807) is 12.4 Å². The van der Waals surface area contributed by atoms with Crippen molar-refractivity contribution in [1.29, 1.82) is 0 Å². The Morgan fingerprint density at radius 3 is 2.79 bits per heavy atom.